The summed E-state index contributed by atoms with van der Waals surface area (Å²) in [4.78, 5) is 0. The SMILES string of the molecule is Cc1ccc(NCc2ccccc2-n2cccn2)nn1. The van der Waals surface area contributed by atoms with Gasteiger partial charge in [0.1, 0.15) is 5.82 Å². The summed E-state index contributed by atoms with van der Waals surface area (Å²) >= 11 is 0. The quantitative estimate of drug-likeness (QED) is 0.787. The summed E-state index contributed by atoms with van der Waals surface area (Å²) in [5.74, 6) is 0.769. The van der Waals surface area contributed by atoms with Crippen molar-refractivity contribution in [3.8, 4) is 5.69 Å². The molecule has 2 heterocycles. The zero-order valence-electron chi connectivity index (χ0n) is 11.2. The number of nitrogens with one attached hydrogen (secondary N) is 1. The van der Waals surface area contributed by atoms with Crippen LogP contribution in [0, 0.1) is 6.92 Å². The third kappa shape index (κ3) is 2.66. The fraction of sp³-hybridized carbons (Fsp3) is 0.133. The molecule has 100 valence electrons. The number of hydrogen-bond donors (Lipinski definition) is 1. The molecular weight excluding hydrogens is 250 g/mol. The van der Waals surface area contributed by atoms with E-state index in [0.29, 0.717) is 6.54 Å². The monoisotopic (exact) mass is 265 g/mol. The summed E-state index contributed by atoms with van der Waals surface area (Å²) in [5, 5.41) is 15.7. The molecule has 0 saturated carbocycles. The van der Waals surface area contributed by atoms with E-state index in [2.05, 4.69) is 26.7 Å². The van der Waals surface area contributed by atoms with E-state index in [4.69, 9.17) is 0 Å². The first-order valence-electron chi connectivity index (χ1n) is 6.45. The largest absolute Gasteiger partial charge is 0.364 e. The molecule has 5 nitrogen and oxygen atoms in total. The number of aryl methyl sites for hydroxylation is 1. The average molecular weight is 265 g/mol. The van der Waals surface area contributed by atoms with Gasteiger partial charge in [0.15, 0.2) is 0 Å². The highest BCUT2D eigenvalue weighted by atomic mass is 15.3. The standard InChI is InChI=1S/C15H15N5/c1-12-7-8-15(19-18-12)16-11-13-5-2-3-6-14(13)20-10-4-9-17-20/h2-10H,11H2,1H3,(H,16,19). The maximum atomic E-state index is 4.27. The number of benzene rings is 1. The molecule has 0 amide bonds. The highest BCUT2D eigenvalue weighted by Gasteiger charge is 2.04. The van der Waals surface area contributed by atoms with Crippen molar-refractivity contribution in [1.82, 2.24) is 20.0 Å². The van der Waals surface area contributed by atoms with Crippen molar-refractivity contribution in [2.45, 2.75) is 13.5 Å². The van der Waals surface area contributed by atoms with Crippen molar-refractivity contribution in [3.63, 3.8) is 0 Å². The van der Waals surface area contributed by atoms with Crippen LogP contribution in [0.4, 0.5) is 5.82 Å². The van der Waals surface area contributed by atoms with E-state index >= 15 is 0 Å². The lowest BCUT2D eigenvalue weighted by atomic mass is 10.2. The molecule has 0 unspecified atom stereocenters. The molecular formula is C15H15N5. The number of anilines is 1. The minimum atomic E-state index is 0.674. The molecule has 0 aliphatic carbocycles. The predicted molar refractivity (Wildman–Crippen MR) is 77.7 cm³/mol. The zero-order valence-corrected chi connectivity index (χ0v) is 11.2. The maximum Gasteiger partial charge on any atom is 0.148 e. The molecule has 2 aromatic heterocycles. The Bertz CT molecular complexity index is 674. The Labute approximate surface area is 117 Å². The van der Waals surface area contributed by atoms with Gasteiger partial charge in [0.05, 0.1) is 11.4 Å². The third-order valence-corrected chi connectivity index (χ3v) is 3.00. The molecule has 1 N–H and O–H groups in total. The minimum Gasteiger partial charge on any atom is -0.364 e. The van der Waals surface area contributed by atoms with E-state index in [0.717, 1.165) is 22.8 Å². The van der Waals surface area contributed by atoms with Gasteiger partial charge >= 0.3 is 0 Å². The van der Waals surface area contributed by atoms with Gasteiger partial charge in [-0.05, 0) is 36.8 Å². The Morgan fingerprint density at radius 3 is 2.70 bits per heavy atom. The van der Waals surface area contributed by atoms with Gasteiger partial charge in [-0.1, -0.05) is 18.2 Å². The zero-order chi connectivity index (χ0) is 13.8. The van der Waals surface area contributed by atoms with E-state index in [9.17, 15) is 0 Å². The van der Waals surface area contributed by atoms with Gasteiger partial charge < -0.3 is 5.32 Å². The number of aromatic nitrogens is 4. The van der Waals surface area contributed by atoms with Crippen molar-refractivity contribution in [3.05, 3.63) is 66.1 Å². The lowest BCUT2D eigenvalue weighted by Gasteiger charge is -2.10. The molecule has 0 aliphatic heterocycles. The van der Waals surface area contributed by atoms with Crippen LogP contribution >= 0.6 is 0 Å². The molecule has 0 bridgehead atoms. The second-order valence-electron chi connectivity index (χ2n) is 4.49. The molecule has 3 aromatic rings. The fourth-order valence-corrected chi connectivity index (χ4v) is 1.97. The second kappa shape index (κ2) is 5.52. The maximum absolute atomic E-state index is 4.27. The summed E-state index contributed by atoms with van der Waals surface area (Å²) in [6.07, 6.45) is 3.71. The van der Waals surface area contributed by atoms with Crippen LogP contribution in [0.25, 0.3) is 5.69 Å². The Kier molecular flexibility index (Phi) is 3.41. The van der Waals surface area contributed by atoms with Gasteiger partial charge in [0.2, 0.25) is 0 Å². The molecule has 0 radical (unpaired) electrons. The van der Waals surface area contributed by atoms with Crippen LogP contribution in [0.15, 0.2) is 54.9 Å². The highest BCUT2D eigenvalue weighted by molar-refractivity contribution is 5.43. The van der Waals surface area contributed by atoms with Crippen molar-refractivity contribution in [1.29, 1.82) is 0 Å². The molecule has 20 heavy (non-hydrogen) atoms. The van der Waals surface area contributed by atoms with E-state index in [1.807, 2.05) is 54.2 Å². The summed E-state index contributed by atoms with van der Waals surface area (Å²) in [5.41, 5.74) is 3.12. The van der Waals surface area contributed by atoms with E-state index < -0.39 is 0 Å². The van der Waals surface area contributed by atoms with E-state index in [1.54, 1.807) is 6.20 Å². The molecule has 0 atom stereocenters. The summed E-state index contributed by atoms with van der Waals surface area (Å²) in [6.45, 7) is 2.59. The van der Waals surface area contributed by atoms with Crippen molar-refractivity contribution < 1.29 is 0 Å². The Hall–Kier alpha value is -2.69. The van der Waals surface area contributed by atoms with Gasteiger partial charge in [-0.3, -0.25) is 0 Å². The van der Waals surface area contributed by atoms with Gasteiger partial charge in [-0.25, -0.2) is 4.68 Å². The molecule has 0 fully saturated rings. The lowest BCUT2D eigenvalue weighted by Crippen LogP contribution is -2.07. The number of nitrogens with zero attached hydrogens (tertiary/aromatic N) is 4. The van der Waals surface area contributed by atoms with Crippen LogP contribution in [-0.4, -0.2) is 20.0 Å². The molecule has 0 aliphatic rings. The summed E-state index contributed by atoms with van der Waals surface area (Å²) in [6, 6.07) is 13.9. The Balaban J connectivity index is 1.79. The second-order valence-corrected chi connectivity index (χ2v) is 4.49. The van der Waals surface area contributed by atoms with Crippen LogP contribution in [0.5, 0.6) is 0 Å². The van der Waals surface area contributed by atoms with Crippen LogP contribution in [0.2, 0.25) is 0 Å². The van der Waals surface area contributed by atoms with Crippen LogP contribution in [-0.2, 0) is 6.54 Å². The summed E-state index contributed by atoms with van der Waals surface area (Å²) in [7, 11) is 0. The van der Waals surface area contributed by atoms with Crippen molar-refractivity contribution in [2.24, 2.45) is 0 Å². The smallest absolute Gasteiger partial charge is 0.148 e. The minimum absolute atomic E-state index is 0.674. The van der Waals surface area contributed by atoms with Gasteiger partial charge in [-0.15, -0.1) is 5.10 Å². The van der Waals surface area contributed by atoms with Gasteiger partial charge in [-0.2, -0.15) is 10.2 Å². The molecule has 0 spiro atoms. The van der Waals surface area contributed by atoms with Gasteiger partial charge in [0, 0.05) is 18.9 Å². The van der Waals surface area contributed by atoms with Crippen molar-refractivity contribution >= 4 is 5.82 Å². The normalized spacial score (nSPS) is 10.4. The molecule has 1 aromatic carbocycles. The van der Waals surface area contributed by atoms with Crippen LogP contribution < -0.4 is 5.32 Å². The number of para-hydroxylation sites is 1. The number of hydrogen-bond acceptors (Lipinski definition) is 4. The topological polar surface area (TPSA) is 55.6 Å². The molecule has 5 heteroatoms. The Morgan fingerprint density at radius 1 is 1.05 bits per heavy atom. The Morgan fingerprint density at radius 2 is 1.95 bits per heavy atom. The predicted octanol–water partition coefficient (Wildman–Crippen LogP) is 2.58. The molecule has 3 rings (SSSR count). The first kappa shape index (κ1) is 12.3. The third-order valence-electron chi connectivity index (χ3n) is 3.00. The first-order chi connectivity index (χ1) is 9.83. The van der Waals surface area contributed by atoms with Crippen LogP contribution in [0.1, 0.15) is 11.3 Å². The van der Waals surface area contributed by atoms with Crippen molar-refractivity contribution in [2.75, 3.05) is 5.32 Å². The van der Waals surface area contributed by atoms with Crippen LogP contribution in [0.3, 0.4) is 0 Å². The molecule has 0 saturated heterocycles. The summed E-state index contributed by atoms with van der Waals surface area (Å²) < 4.78 is 1.86. The first-order valence-corrected chi connectivity index (χ1v) is 6.45. The number of rotatable bonds is 4. The van der Waals surface area contributed by atoms with E-state index in [-0.39, 0.29) is 0 Å². The van der Waals surface area contributed by atoms with Gasteiger partial charge in [0.25, 0.3) is 0 Å². The van der Waals surface area contributed by atoms with E-state index in [1.165, 1.54) is 0 Å². The lowest BCUT2D eigenvalue weighted by molar-refractivity contribution is 0.862. The highest BCUT2D eigenvalue weighted by Crippen LogP contribution is 2.14. The average Bonchev–Trinajstić information content (AvgIpc) is 3.01. The fourth-order valence-electron chi connectivity index (χ4n) is 1.97.